The van der Waals surface area contributed by atoms with Gasteiger partial charge in [0.05, 0.1) is 11.6 Å². The van der Waals surface area contributed by atoms with E-state index in [1.54, 1.807) is 6.07 Å². The Morgan fingerprint density at radius 3 is 2.73 bits per heavy atom. The molecule has 7 rings (SSSR count). The normalized spacial score (nSPS) is 30.1. The average Bonchev–Trinajstić information content (AvgIpc) is 2.84. The van der Waals surface area contributed by atoms with Crippen LogP contribution in [0.3, 0.4) is 0 Å². The van der Waals surface area contributed by atoms with Crippen LogP contribution in [0.2, 0.25) is 0 Å². The van der Waals surface area contributed by atoms with Crippen molar-refractivity contribution in [3.05, 3.63) is 53.6 Å². The van der Waals surface area contributed by atoms with Gasteiger partial charge in [-0.25, -0.2) is 0 Å². The van der Waals surface area contributed by atoms with Gasteiger partial charge in [-0.05, 0) is 61.9 Å². The van der Waals surface area contributed by atoms with E-state index in [-0.39, 0.29) is 35.6 Å². The zero-order valence-electron chi connectivity index (χ0n) is 18.6. The molecule has 2 aromatic rings. The van der Waals surface area contributed by atoms with Crippen molar-refractivity contribution in [3.8, 4) is 17.2 Å². The minimum atomic E-state index is -0.702. The summed E-state index contributed by atoms with van der Waals surface area (Å²) in [5, 5.41) is 6.37. The van der Waals surface area contributed by atoms with Crippen LogP contribution in [0, 0.1) is 17.8 Å². The Morgan fingerprint density at radius 2 is 1.91 bits per heavy atom. The summed E-state index contributed by atoms with van der Waals surface area (Å²) in [6.07, 6.45) is 3.30. The van der Waals surface area contributed by atoms with Gasteiger partial charge in [-0.2, -0.15) is 0 Å². The van der Waals surface area contributed by atoms with Crippen LogP contribution in [0.15, 0.2) is 42.5 Å². The zero-order valence-corrected chi connectivity index (χ0v) is 18.6. The Hall–Kier alpha value is -3.22. The predicted molar refractivity (Wildman–Crippen MR) is 120 cm³/mol. The molecule has 0 aromatic heterocycles. The predicted octanol–water partition coefficient (Wildman–Crippen LogP) is 3.59. The lowest BCUT2D eigenvalue weighted by Crippen LogP contribution is -2.66. The molecule has 7 nitrogen and oxygen atoms in total. The van der Waals surface area contributed by atoms with E-state index in [0.29, 0.717) is 37.4 Å². The molecular weight excluding hydrogens is 420 g/mol. The fourth-order valence-electron chi connectivity index (χ4n) is 6.01. The number of carbonyl (C=O) groups is 2. The van der Waals surface area contributed by atoms with Crippen LogP contribution >= 0.6 is 0 Å². The number of rotatable bonds is 3. The monoisotopic (exact) mass is 448 g/mol. The van der Waals surface area contributed by atoms with Gasteiger partial charge in [0, 0.05) is 18.3 Å². The molecule has 5 aliphatic rings. The van der Waals surface area contributed by atoms with E-state index in [1.165, 1.54) is 0 Å². The quantitative estimate of drug-likeness (QED) is 0.750. The molecule has 7 heteroatoms. The minimum absolute atomic E-state index is 0.0736. The second-order valence-corrected chi connectivity index (χ2v) is 9.66. The molecule has 2 N–H and O–H groups in total. The number of para-hydroxylation sites is 1. The molecule has 5 atom stereocenters. The summed E-state index contributed by atoms with van der Waals surface area (Å²) in [5.74, 6) is 2.31. The van der Waals surface area contributed by atoms with Gasteiger partial charge in [-0.15, -0.1) is 0 Å². The molecule has 3 aliphatic carbocycles. The Balaban J connectivity index is 1.16. The van der Waals surface area contributed by atoms with Crippen molar-refractivity contribution in [2.45, 2.75) is 44.4 Å². The van der Waals surface area contributed by atoms with Crippen LogP contribution in [0.5, 0.6) is 17.2 Å². The van der Waals surface area contributed by atoms with Crippen LogP contribution in [0.4, 0.5) is 0 Å². The van der Waals surface area contributed by atoms with E-state index in [1.807, 2.05) is 43.3 Å². The van der Waals surface area contributed by atoms with E-state index in [4.69, 9.17) is 14.2 Å². The Labute approximate surface area is 192 Å². The molecule has 2 heterocycles. The SMILES string of the molecule is CC(NC(=O)C1CC2CCC1CC21NC(=O)c2ccccc2O1)c1ccc2c(c1)OCCO2. The van der Waals surface area contributed by atoms with E-state index in [0.717, 1.165) is 29.9 Å². The summed E-state index contributed by atoms with van der Waals surface area (Å²) in [5.41, 5.74) is 0.865. The van der Waals surface area contributed by atoms with Crippen molar-refractivity contribution in [2.24, 2.45) is 17.8 Å². The molecule has 0 radical (unpaired) electrons. The first kappa shape index (κ1) is 20.4. The first-order valence-corrected chi connectivity index (χ1v) is 11.8. The summed E-state index contributed by atoms with van der Waals surface area (Å²) in [4.78, 5) is 26.1. The number of hydrogen-bond donors (Lipinski definition) is 2. The molecule has 0 saturated heterocycles. The molecule has 3 fully saturated rings. The van der Waals surface area contributed by atoms with Gasteiger partial charge in [-0.1, -0.05) is 18.2 Å². The molecule has 33 heavy (non-hydrogen) atoms. The van der Waals surface area contributed by atoms with Crippen molar-refractivity contribution in [2.75, 3.05) is 13.2 Å². The standard InChI is InChI=1S/C26H28N2O5/c1-15(16-7-9-22-23(12-16)32-11-10-31-22)27-24(29)20-13-18-8-6-17(20)14-26(18)28-25(30)19-4-2-3-5-21(19)33-26/h2-5,7,9,12,15,17-18,20H,6,8,10-11,13-14H2,1H3,(H,27,29)(H,28,30). The Kier molecular flexibility index (Phi) is 4.75. The third-order valence-corrected chi connectivity index (χ3v) is 7.73. The topological polar surface area (TPSA) is 85.9 Å². The lowest BCUT2D eigenvalue weighted by molar-refractivity contribution is -0.147. The van der Waals surface area contributed by atoms with Crippen LogP contribution in [0.25, 0.3) is 0 Å². The molecule has 3 saturated carbocycles. The third-order valence-electron chi connectivity index (χ3n) is 7.73. The van der Waals surface area contributed by atoms with Crippen LogP contribution < -0.4 is 24.8 Å². The first-order valence-electron chi connectivity index (χ1n) is 11.8. The van der Waals surface area contributed by atoms with Crippen molar-refractivity contribution in [1.29, 1.82) is 0 Å². The highest BCUT2D eigenvalue weighted by atomic mass is 16.6. The molecule has 2 aromatic carbocycles. The number of amides is 2. The second kappa shape index (κ2) is 7.68. The number of benzene rings is 2. The smallest absolute Gasteiger partial charge is 0.258 e. The molecule has 5 unspecified atom stereocenters. The van der Waals surface area contributed by atoms with Gasteiger partial charge in [0.25, 0.3) is 5.91 Å². The fourth-order valence-corrected chi connectivity index (χ4v) is 6.01. The van der Waals surface area contributed by atoms with Crippen LogP contribution in [0.1, 0.15) is 54.6 Å². The first-order chi connectivity index (χ1) is 16.0. The van der Waals surface area contributed by atoms with Gasteiger partial charge in [0.15, 0.2) is 17.2 Å². The van der Waals surface area contributed by atoms with Crippen LogP contribution in [-0.4, -0.2) is 30.8 Å². The minimum Gasteiger partial charge on any atom is -0.486 e. The number of fused-ring (bicyclic) bond motifs is 4. The van der Waals surface area contributed by atoms with Crippen molar-refractivity contribution >= 4 is 11.8 Å². The number of carbonyl (C=O) groups excluding carboxylic acids is 2. The maximum absolute atomic E-state index is 13.3. The number of hydrogen-bond acceptors (Lipinski definition) is 5. The van der Waals surface area contributed by atoms with E-state index in [2.05, 4.69) is 10.6 Å². The number of ether oxygens (including phenoxy) is 3. The molecule has 1 spiro atoms. The maximum atomic E-state index is 13.3. The van der Waals surface area contributed by atoms with Crippen molar-refractivity contribution in [1.82, 2.24) is 10.6 Å². The van der Waals surface area contributed by atoms with E-state index < -0.39 is 5.72 Å². The van der Waals surface area contributed by atoms with Crippen LogP contribution in [-0.2, 0) is 4.79 Å². The van der Waals surface area contributed by atoms with Gasteiger partial charge in [0.2, 0.25) is 5.91 Å². The highest BCUT2D eigenvalue weighted by Crippen LogP contribution is 2.52. The van der Waals surface area contributed by atoms with Gasteiger partial charge in [-0.3, -0.25) is 9.59 Å². The summed E-state index contributed by atoms with van der Waals surface area (Å²) < 4.78 is 17.7. The summed E-state index contributed by atoms with van der Waals surface area (Å²) in [6, 6.07) is 13.1. The van der Waals surface area contributed by atoms with Gasteiger partial charge >= 0.3 is 0 Å². The lowest BCUT2D eigenvalue weighted by atomic mass is 9.60. The second-order valence-electron chi connectivity index (χ2n) is 9.66. The van der Waals surface area contributed by atoms with E-state index in [9.17, 15) is 9.59 Å². The van der Waals surface area contributed by atoms with E-state index >= 15 is 0 Å². The summed E-state index contributed by atoms with van der Waals surface area (Å²) >= 11 is 0. The van der Waals surface area contributed by atoms with Crippen molar-refractivity contribution < 1.29 is 23.8 Å². The molecule has 2 bridgehead atoms. The molecule has 2 amide bonds. The van der Waals surface area contributed by atoms with Crippen molar-refractivity contribution in [3.63, 3.8) is 0 Å². The largest absolute Gasteiger partial charge is 0.486 e. The fraction of sp³-hybridized carbons (Fsp3) is 0.462. The van der Waals surface area contributed by atoms with Gasteiger partial charge < -0.3 is 24.8 Å². The summed E-state index contributed by atoms with van der Waals surface area (Å²) in [6.45, 7) is 3.08. The molecule has 172 valence electrons. The third kappa shape index (κ3) is 3.41. The maximum Gasteiger partial charge on any atom is 0.258 e. The average molecular weight is 449 g/mol. The highest BCUT2D eigenvalue weighted by Gasteiger charge is 2.57. The molecule has 2 aliphatic heterocycles. The lowest BCUT2D eigenvalue weighted by Gasteiger charge is -2.55. The number of nitrogens with one attached hydrogen (secondary N) is 2. The highest BCUT2D eigenvalue weighted by molar-refractivity contribution is 5.98. The molecular formula is C26H28N2O5. The Bertz CT molecular complexity index is 1120. The van der Waals surface area contributed by atoms with Gasteiger partial charge in [0.1, 0.15) is 19.0 Å². The Morgan fingerprint density at radius 1 is 1.09 bits per heavy atom. The zero-order chi connectivity index (χ0) is 22.6. The summed E-state index contributed by atoms with van der Waals surface area (Å²) in [7, 11) is 0.